The zero-order valence-electron chi connectivity index (χ0n) is 13.1. The normalized spacial score (nSPS) is 26.0. The van der Waals surface area contributed by atoms with Crippen LogP contribution in [0.5, 0.6) is 0 Å². The molecule has 1 aliphatic rings. The third-order valence-electron chi connectivity index (χ3n) is 3.47. The largest absolute Gasteiger partial charge is 0.616 e. The third kappa shape index (κ3) is 4.58. The Bertz CT molecular complexity index is 598. The Hall–Kier alpha value is 0.570. The van der Waals surface area contributed by atoms with Crippen LogP contribution in [-0.2, 0) is 22.4 Å². The molecule has 0 aromatic rings. The first-order valence-electron chi connectivity index (χ1n) is 6.77. The Morgan fingerprint density at radius 1 is 1.15 bits per heavy atom. The average molecular weight is 557 g/mol. The van der Waals surface area contributed by atoms with Crippen LogP contribution in [-0.4, -0.2) is 41.8 Å². The summed E-state index contributed by atoms with van der Waals surface area (Å²) >= 11 is 0.520. The molecule has 0 amide bonds. The topological polar surface area (TPSA) is 46.1 Å². The Morgan fingerprint density at radius 2 is 1.65 bits per heavy atom. The molecule has 13 heteroatoms. The fourth-order valence-corrected chi connectivity index (χ4v) is 6.49. The maximum absolute atomic E-state index is 13.7. The molecule has 0 fully saturated rings. The molecule has 1 radical (unpaired) electrons. The average Bonchev–Trinajstić information content (AvgIpc) is 2.50. The van der Waals surface area contributed by atoms with E-state index in [2.05, 4.69) is 31.9 Å². The van der Waals surface area contributed by atoms with Gasteiger partial charge in [-0.3, -0.25) is 0 Å². The minimum absolute atomic E-state index is 0.00584. The fourth-order valence-electron chi connectivity index (χ4n) is 1.91. The first kappa shape index (κ1) is 24.6. The van der Waals surface area contributed by atoms with Crippen molar-refractivity contribution in [1.29, 1.82) is 0 Å². The van der Waals surface area contributed by atoms with Crippen LogP contribution in [0.15, 0.2) is 21.5 Å². The van der Waals surface area contributed by atoms with Gasteiger partial charge in [-0.25, -0.2) is 0 Å². The van der Waals surface area contributed by atoms with E-state index in [0.717, 1.165) is 12.2 Å². The molecule has 4 unspecified atom stereocenters. The number of hydrogen-bond acceptors (Lipinski definition) is 2. The molecule has 0 saturated carbocycles. The molecule has 1 aliphatic carbocycles. The van der Waals surface area contributed by atoms with Crippen molar-refractivity contribution in [3.8, 4) is 0 Å². The number of allylic oxidation sites excluding steroid dienone is 3. The van der Waals surface area contributed by atoms with E-state index in [4.69, 9.17) is 0 Å². The lowest BCUT2D eigenvalue weighted by Gasteiger charge is -2.35. The maximum atomic E-state index is 13.7. The fraction of sp³-hybridized carbons (Fsp3) is 0.615. The SMILES string of the molecule is CC[S+]([O-])C(C)C1(Br)[CH]C(Br)=CC([S+]([O-])C(F)(F)C(F)(F)C(F)(F)F)=C1. The lowest BCUT2D eigenvalue weighted by Crippen LogP contribution is -2.56. The summed E-state index contributed by atoms with van der Waals surface area (Å²) in [6, 6.07) is 0. The van der Waals surface area contributed by atoms with Gasteiger partial charge >= 0.3 is 17.4 Å². The number of halogens is 9. The van der Waals surface area contributed by atoms with Crippen LogP contribution in [0, 0.1) is 6.42 Å². The molecule has 0 saturated heterocycles. The second-order valence-electron chi connectivity index (χ2n) is 5.22. The van der Waals surface area contributed by atoms with Gasteiger partial charge in [0.05, 0.1) is 11.2 Å². The zero-order valence-corrected chi connectivity index (χ0v) is 17.9. The third-order valence-corrected chi connectivity index (χ3v) is 8.51. The predicted octanol–water partition coefficient (Wildman–Crippen LogP) is 5.20. The van der Waals surface area contributed by atoms with Gasteiger partial charge in [0.15, 0.2) is 4.91 Å². The summed E-state index contributed by atoms with van der Waals surface area (Å²) in [6.07, 6.45) is -3.67. The highest BCUT2D eigenvalue weighted by Crippen LogP contribution is 2.52. The summed E-state index contributed by atoms with van der Waals surface area (Å²) < 4.78 is 113. The van der Waals surface area contributed by atoms with E-state index < -0.39 is 54.2 Å². The molecule has 0 aromatic heterocycles. The minimum atomic E-state index is -6.59. The monoisotopic (exact) mass is 555 g/mol. The van der Waals surface area contributed by atoms with Gasteiger partial charge in [-0.05, 0) is 31.1 Å². The van der Waals surface area contributed by atoms with Crippen LogP contribution in [0.2, 0.25) is 0 Å². The van der Waals surface area contributed by atoms with Crippen LogP contribution in [0.3, 0.4) is 0 Å². The van der Waals surface area contributed by atoms with Gasteiger partial charge in [0.2, 0.25) is 0 Å². The van der Waals surface area contributed by atoms with Crippen molar-refractivity contribution in [2.45, 2.75) is 40.8 Å². The smallest absolute Gasteiger partial charge is 0.486 e. The van der Waals surface area contributed by atoms with Gasteiger partial charge in [0, 0.05) is 17.0 Å². The molecule has 0 aromatic carbocycles. The molecule has 2 nitrogen and oxygen atoms in total. The molecule has 1 rings (SSSR count). The summed E-state index contributed by atoms with van der Waals surface area (Å²) in [5.41, 5.74) is 0. The highest BCUT2D eigenvalue weighted by atomic mass is 79.9. The molecule has 0 aliphatic heterocycles. The first-order chi connectivity index (χ1) is 11.5. The molecule has 0 heterocycles. The van der Waals surface area contributed by atoms with Gasteiger partial charge in [0.1, 0.15) is 15.3 Å². The Labute approximate surface area is 168 Å². The van der Waals surface area contributed by atoms with Crippen LogP contribution in [0.1, 0.15) is 13.8 Å². The molecular formula is C13H12Br2F7O2S2. The quantitative estimate of drug-likeness (QED) is 0.256. The molecule has 0 bridgehead atoms. The zero-order chi connectivity index (χ0) is 20.7. The summed E-state index contributed by atoms with van der Waals surface area (Å²) in [7, 11) is 0. The highest BCUT2D eigenvalue weighted by Gasteiger charge is 2.80. The van der Waals surface area contributed by atoms with Gasteiger partial charge in [0.25, 0.3) is 0 Å². The van der Waals surface area contributed by atoms with Crippen molar-refractivity contribution >= 4 is 54.2 Å². The second-order valence-corrected chi connectivity index (χ2v) is 11.1. The molecule has 26 heavy (non-hydrogen) atoms. The molecule has 151 valence electrons. The van der Waals surface area contributed by atoms with E-state index in [1.165, 1.54) is 13.3 Å². The van der Waals surface area contributed by atoms with Crippen LogP contribution >= 0.6 is 31.9 Å². The van der Waals surface area contributed by atoms with E-state index in [-0.39, 0.29) is 10.2 Å². The summed E-state index contributed by atoms with van der Waals surface area (Å²) in [6.45, 7) is 3.04. The standard InChI is InChI=1S/C13H12Br2F7O2S2/c1-3-25(23)7(2)10(15)5-8(14)4-9(6-10)26(24)13(21,22)11(16,17)12(18,19)20/h4-7H,3H2,1-2H3. The minimum Gasteiger partial charge on any atom is -0.616 e. The van der Waals surface area contributed by atoms with E-state index in [1.54, 1.807) is 6.92 Å². The van der Waals surface area contributed by atoms with Gasteiger partial charge < -0.3 is 9.11 Å². The predicted molar refractivity (Wildman–Crippen MR) is 93.3 cm³/mol. The Kier molecular flexibility index (Phi) is 7.70. The van der Waals surface area contributed by atoms with Gasteiger partial charge in [-0.2, -0.15) is 22.0 Å². The van der Waals surface area contributed by atoms with E-state index in [9.17, 15) is 39.8 Å². The van der Waals surface area contributed by atoms with E-state index in [0.29, 0.717) is 0 Å². The lowest BCUT2D eigenvalue weighted by atomic mass is 9.97. The summed E-state index contributed by atoms with van der Waals surface area (Å²) in [4.78, 5) is -0.954. The second kappa shape index (κ2) is 8.13. The molecule has 4 atom stereocenters. The summed E-state index contributed by atoms with van der Waals surface area (Å²) in [5, 5.41) is -6.68. The van der Waals surface area contributed by atoms with Crippen LogP contribution < -0.4 is 0 Å². The molecule has 0 N–H and O–H groups in total. The van der Waals surface area contributed by atoms with Crippen molar-refractivity contribution in [2.24, 2.45) is 0 Å². The van der Waals surface area contributed by atoms with Crippen molar-refractivity contribution < 1.29 is 39.8 Å². The lowest BCUT2D eigenvalue weighted by molar-refractivity contribution is -0.331. The Morgan fingerprint density at radius 3 is 2.08 bits per heavy atom. The number of hydrogen-bond donors (Lipinski definition) is 0. The summed E-state index contributed by atoms with van der Waals surface area (Å²) in [5.74, 6) is -6.32. The maximum Gasteiger partial charge on any atom is 0.486 e. The van der Waals surface area contributed by atoms with Crippen molar-refractivity contribution in [3.63, 3.8) is 0 Å². The Balaban J connectivity index is 3.35. The van der Waals surface area contributed by atoms with Gasteiger partial charge in [-0.15, -0.1) is 8.78 Å². The number of rotatable bonds is 6. The van der Waals surface area contributed by atoms with Gasteiger partial charge in [-0.1, -0.05) is 31.9 Å². The van der Waals surface area contributed by atoms with Crippen molar-refractivity contribution in [3.05, 3.63) is 28.0 Å². The highest BCUT2D eigenvalue weighted by molar-refractivity contribution is 9.12. The first-order valence-corrected chi connectivity index (χ1v) is 10.9. The van der Waals surface area contributed by atoms with E-state index in [1.807, 2.05) is 0 Å². The van der Waals surface area contributed by atoms with Crippen molar-refractivity contribution in [2.75, 3.05) is 5.75 Å². The van der Waals surface area contributed by atoms with E-state index >= 15 is 0 Å². The van der Waals surface area contributed by atoms with Crippen molar-refractivity contribution in [1.82, 2.24) is 0 Å². The van der Waals surface area contributed by atoms with Crippen LogP contribution in [0.25, 0.3) is 0 Å². The molecule has 0 spiro atoms. The molecular weight excluding hydrogens is 545 g/mol. The number of alkyl halides is 8. The van der Waals surface area contributed by atoms with Crippen LogP contribution in [0.4, 0.5) is 30.7 Å².